The second kappa shape index (κ2) is 13.4. The van der Waals surface area contributed by atoms with Crippen LogP contribution in [0.15, 0.2) is 102 Å². The number of para-hydroxylation sites is 1. The molecule has 0 fully saturated rings. The molecule has 9 heteroatoms. The quantitative estimate of drug-likeness (QED) is 0.140. The van der Waals surface area contributed by atoms with Crippen LogP contribution in [-0.4, -0.2) is 23.7 Å². The Bertz CT molecular complexity index is 1440. The number of rotatable bonds is 12. The lowest BCUT2D eigenvalue weighted by atomic mass is 10.2. The number of nitro benzene ring substituents is 1. The van der Waals surface area contributed by atoms with Crippen molar-refractivity contribution in [3.8, 4) is 17.2 Å². The highest BCUT2D eigenvalue weighted by Crippen LogP contribution is 2.30. The van der Waals surface area contributed by atoms with Gasteiger partial charge in [-0.1, -0.05) is 48.5 Å². The minimum Gasteiger partial charge on any atom is -0.490 e. The molecule has 1 N–H and O–H groups in total. The van der Waals surface area contributed by atoms with Crippen LogP contribution in [-0.2, 0) is 13.2 Å². The molecule has 0 radical (unpaired) electrons. The van der Waals surface area contributed by atoms with E-state index >= 15 is 0 Å². The monoisotopic (exact) mass is 525 g/mol. The summed E-state index contributed by atoms with van der Waals surface area (Å²) in [6.45, 7) is 3.13. The van der Waals surface area contributed by atoms with E-state index in [-0.39, 0.29) is 17.9 Å². The van der Waals surface area contributed by atoms with Gasteiger partial charge in [0.25, 0.3) is 11.6 Å². The average Bonchev–Trinajstić information content (AvgIpc) is 2.97. The summed E-state index contributed by atoms with van der Waals surface area (Å²) in [7, 11) is 0. The van der Waals surface area contributed by atoms with Crippen molar-refractivity contribution in [3.63, 3.8) is 0 Å². The number of hydrazone groups is 1. The zero-order valence-electron chi connectivity index (χ0n) is 21.3. The Hall–Kier alpha value is -5.18. The molecule has 0 unspecified atom stereocenters. The third-order valence-electron chi connectivity index (χ3n) is 5.57. The maximum absolute atomic E-state index is 12.3. The van der Waals surface area contributed by atoms with Crippen LogP contribution in [0.5, 0.6) is 17.2 Å². The third-order valence-corrected chi connectivity index (χ3v) is 5.57. The molecule has 4 aromatic carbocycles. The van der Waals surface area contributed by atoms with Gasteiger partial charge in [0.2, 0.25) is 0 Å². The van der Waals surface area contributed by atoms with Gasteiger partial charge in [0.15, 0.2) is 11.5 Å². The van der Waals surface area contributed by atoms with E-state index in [2.05, 4.69) is 10.5 Å². The van der Waals surface area contributed by atoms with Crippen molar-refractivity contribution < 1.29 is 23.9 Å². The Morgan fingerprint density at radius 2 is 1.51 bits per heavy atom. The fourth-order valence-electron chi connectivity index (χ4n) is 3.60. The Morgan fingerprint density at radius 3 is 2.26 bits per heavy atom. The number of nitrogens with zero attached hydrogens (tertiary/aromatic N) is 2. The Kier molecular flexibility index (Phi) is 9.22. The highest BCUT2D eigenvalue weighted by molar-refractivity contribution is 5.95. The van der Waals surface area contributed by atoms with Crippen molar-refractivity contribution in [2.45, 2.75) is 20.1 Å². The van der Waals surface area contributed by atoms with Crippen molar-refractivity contribution in [3.05, 3.63) is 129 Å². The lowest BCUT2D eigenvalue weighted by molar-refractivity contribution is -0.384. The molecule has 198 valence electrons. The zero-order valence-corrected chi connectivity index (χ0v) is 21.3. The van der Waals surface area contributed by atoms with Gasteiger partial charge >= 0.3 is 0 Å². The van der Waals surface area contributed by atoms with Crippen LogP contribution in [0.3, 0.4) is 0 Å². The molecule has 0 heterocycles. The van der Waals surface area contributed by atoms with Gasteiger partial charge in [-0.2, -0.15) is 5.10 Å². The minimum absolute atomic E-state index is 0.0937. The lowest BCUT2D eigenvalue weighted by Gasteiger charge is -2.14. The first-order chi connectivity index (χ1) is 19.0. The van der Waals surface area contributed by atoms with E-state index in [1.807, 2.05) is 73.7 Å². The molecule has 4 aromatic rings. The van der Waals surface area contributed by atoms with Crippen LogP contribution in [0.2, 0.25) is 0 Å². The maximum atomic E-state index is 12.3. The number of benzene rings is 4. The highest BCUT2D eigenvalue weighted by Gasteiger charge is 2.10. The van der Waals surface area contributed by atoms with Crippen molar-refractivity contribution in [2.75, 3.05) is 6.61 Å². The van der Waals surface area contributed by atoms with Crippen LogP contribution >= 0.6 is 0 Å². The van der Waals surface area contributed by atoms with Crippen molar-refractivity contribution in [1.82, 2.24) is 5.43 Å². The topological polar surface area (TPSA) is 112 Å². The Balaban J connectivity index is 1.38. The number of ether oxygens (including phenoxy) is 3. The van der Waals surface area contributed by atoms with E-state index in [1.165, 1.54) is 30.5 Å². The lowest BCUT2D eigenvalue weighted by Crippen LogP contribution is -2.17. The minimum atomic E-state index is -0.525. The van der Waals surface area contributed by atoms with Gasteiger partial charge < -0.3 is 14.2 Å². The number of carbonyl (C=O) groups excluding carboxylic acids is 1. The fraction of sp³-hybridized carbons (Fsp3) is 0.133. The predicted molar refractivity (Wildman–Crippen MR) is 147 cm³/mol. The molecule has 9 nitrogen and oxygen atoms in total. The summed E-state index contributed by atoms with van der Waals surface area (Å²) in [6.07, 6.45) is 1.48. The van der Waals surface area contributed by atoms with Crippen LogP contribution in [0.1, 0.15) is 34.0 Å². The molecule has 0 saturated heterocycles. The molecule has 39 heavy (non-hydrogen) atoms. The number of nitrogens with one attached hydrogen (secondary N) is 1. The first-order valence-corrected chi connectivity index (χ1v) is 12.3. The van der Waals surface area contributed by atoms with E-state index in [9.17, 15) is 14.9 Å². The maximum Gasteiger partial charge on any atom is 0.271 e. The number of nitro groups is 1. The molecule has 0 aliphatic heterocycles. The SMILES string of the molecule is CCOc1cc(COc2ccccc2/C=N/NC(=O)c2ccc([N+](=O)[O-])cc2)ccc1OCc1ccccc1. The highest BCUT2D eigenvalue weighted by atomic mass is 16.6. The molecule has 0 spiro atoms. The number of non-ortho nitro benzene ring substituents is 1. The van der Waals surface area contributed by atoms with Gasteiger partial charge in [0, 0.05) is 23.3 Å². The van der Waals surface area contributed by atoms with E-state index in [4.69, 9.17) is 14.2 Å². The van der Waals surface area contributed by atoms with Gasteiger partial charge in [-0.3, -0.25) is 14.9 Å². The summed E-state index contributed by atoms with van der Waals surface area (Å²) in [5.74, 6) is 1.38. The largest absolute Gasteiger partial charge is 0.490 e. The summed E-state index contributed by atoms with van der Waals surface area (Å²) in [5.41, 5.74) is 5.20. The Morgan fingerprint density at radius 1 is 0.821 bits per heavy atom. The molecular weight excluding hydrogens is 498 g/mol. The summed E-state index contributed by atoms with van der Waals surface area (Å²) in [5, 5.41) is 14.8. The molecule has 1 amide bonds. The predicted octanol–water partition coefficient (Wildman–Crippen LogP) is 5.92. The third kappa shape index (κ3) is 7.65. The molecule has 0 saturated carbocycles. The van der Waals surface area contributed by atoms with Gasteiger partial charge in [-0.25, -0.2) is 5.43 Å². The first kappa shape index (κ1) is 26.9. The second-order valence-corrected chi connectivity index (χ2v) is 8.32. The molecule has 4 rings (SSSR count). The summed E-state index contributed by atoms with van der Waals surface area (Å²) in [4.78, 5) is 22.6. The van der Waals surface area contributed by atoms with Crippen LogP contribution in [0.25, 0.3) is 0 Å². The summed E-state index contributed by atoms with van der Waals surface area (Å²) >= 11 is 0. The van der Waals surface area contributed by atoms with E-state index < -0.39 is 10.8 Å². The molecule has 0 aliphatic rings. The smallest absolute Gasteiger partial charge is 0.271 e. The van der Waals surface area contributed by atoms with Crippen LogP contribution < -0.4 is 19.6 Å². The second-order valence-electron chi connectivity index (χ2n) is 8.32. The summed E-state index contributed by atoms with van der Waals surface area (Å²) in [6, 6.07) is 28.2. The summed E-state index contributed by atoms with van der Waals surface area (Å²) < 4.78 is 17.8. The normalized spacial score (nSPS) is 10.7. The van der Waals surface area contributed by atoms with E-state index in [1.54, 1.807) is 6.07 Å². The van der Waals surface area contributed by atoms with E-state index in [0.29, 0.717) is 36.0 Å². The van der Waals surface area contributed by atoms with Gasteiger partial charge in [0.05, 0.1) is 17.7 Å². The van der Waals surface area contributed by atoms with Gasteiger partial charge in [-0.15, -0.1) is 0 Å². The number of hydrogen-bond acceptors (Lipinski definition) is 7. The van der Waals surface area contributed by atoms with Gasteiger partial charge in [-0.05, 0) is 54.4 Å². The Labute approximate surface area is 225 Å². The number of carbonyl (C=O) groups is 1. The van der Waals surface area contributed by atoms with Crippen molar-refractivity contribution in [1.29, 1.82) is 0 Å². The number of amides is 1. The molecule has 0 aliphatic carbocycles. The van der Waals surface area contributed by atoms with Crippen molar-refractivity contribution >= 4 is 17.8 Å². The average molecular weight is 526 g/mol. The zero-order chi connectivity index (χ0) is 27.5. The molecule has 0 bridgehead atoms. The molecular formula is C30H27N3O6. The van der Waals surface area contributed by atoms with E-state index in [0.717, 1.165) is 11.1 Å². The number of hydrogen-bond donors (Lipinski definition) is 1. The first-order valence-electron chi connectivity index (χ1n) is 12.3. The van der Waals surface area contributed by atoms with Crippen molar-refractivity contribution in [2.24, 2.45) is 5.10 Å². The molecule has 0 atom stereocenters. The fourth-order valence-corrected chi connectivity index (χ4v) is 3.60. The van der Waals surface area contributed by atoms with Crippen LogP contribution in [0.4, 0.5) is 5.69 Å². The van der Waals surface area contributed by atoms with Gasteiger partial charge in [0.1, 0.15) is 19.0 Å². The molecule has 0 aromatic heterocycles. The van der Waals surface area contributed by atoms with Crippen LogP contribution in [0, 0.1) is 10.1 Å². The standard InChI is InChI=1S/C30H27N3O6/c1-2-37-29-18-23(12-17-28(29)39-20-22-8-4-3-5-9-22)21-38-27-11-7-6-10-25(27)19-31-32-30(34)24-13-15-26(16-14-24)33(35)36/h3-19H,2,20-21H2,1H3,(H,32,34)/b31-19+.